The van der Waals surface area contributed by atoms with Crippen molar-refractivity contribution in [1.82, 2.24) is 0 Å². The molecule has 0 aliphatic rings. The predicted molar refractivity (Wildman–Crippen MR) is 89.5 cm³/mol. The average molecular weight is 272 g/mol. The molecule has 0 heterocycles. The third-order valence-electron chi connectivity index (χ3n) is 3.99. The number of allylic oxidation sites excluding steroid dienone is 2. The highest BCUT2D eigenvalue weighted by atomic mass is 16.5. The smallest absolute Gasteiger partial charge is 0.122 e. The van der Waals surface area contributed by atoms with E-state index in [9.17, 15) is 0 Å². The second-order valence-electron chi connectivity index (χ2n) is 5.62. The molecule has 0 radical (unpaired) electrons. The van der Waals surface area contributed by atoms with Crippen LogP contribution in [-0.4, -0.2) is 7.11 Å². The van der Waals surface area contributed by atoms with Crippen LogP contribution in [0.3, 0.4) is 0 Å². The van der Waals surface area contributed by atoms with E-state index < -0.39 is 0 Å². The van der Waals surface area contributed by atoms with Crippen LogP contribution in [0.2, 0.25) is 0 Å². The summed E-state index contributed by atoms with van der Waals surface area (Å²) in [5, 5.41) is 0. The highest BCUT2D eigenvalue weighted by molar-refractivity contribution is 5.62. The number of rotatable bonds is 7. The van der Waals surface area contributed by atoms with Crippen molar-refractivity contribution < 1.29 is 4.74 Å². The third-order valence-corrected chi connectivity index (χ3v) is 3.99. The molecule has 0 aliphatic heterocycles. The van der Waals surface area contributed by atoms with Crippen LogP contribution in [-0.2, 0) is 0 Å². The van der Waals surface area contributed by atoms with E-state index in [0.29, 0.717) is 5.92 Å². The normalized spacial score (nSPS) is 12.7. The summed E-state index contributed by atoms with van der Waals surface area (Å²) in [6, 6.07) is 2.13. The number of aryl methyl sites for hydroxylation is 1. The van der Waals surface area contributed by atoms with Crippen molar-refractivity contribution >= 4 is 6.08 Å². The van der Waals surface area contributed by atoms with Crippen molar-refractivity contribution in [3.05, 3.63) is 47.1 Å². The maximum atomic E-state index is 5.42. The molecule has 1 rings (SSSR count). The molecule has 1 unspecified atom stereocenters. The molecule has 1 heteroatoms. The molecule has 110 valence electrons. The Morgan fingerprint density at radius 2 is 1.95 bits per heavy atom. The Kier molecular flexibility index (Phi) is 6.57. The first-order chi connectivity index (χ1) is 9.51. The van der Waals surface area contributed by atoms with Crippen molar-refractivity contribution in [2.75, 3.05) is 7.11 Å². The topological polar surface area (TPSA) is 9.23 Å². The van der Waals surface area contributed by atoms with E-state index in [2.05, 4.69) is 52.5 Å². The van der Waals surface area contributed by atoms with Gasteiger partial charge in [-0.05, 0) is 74.3 Å². The van der Waals surface area contributed by atoms with Gasteiger partial charge in [-0.25, -0.2) is 0 Å². The molecular formula is C19H28O. The Morgan fingerprint density at radius 3 is 2.55 bits per heavy atom. The highest BCUT2D eigenvalue weighted by Crippen LogP contribution is 2.28. The van der Waals surface area contributed by atoms with Gasteiger partial charge in [-0.1, -0.05) is 25.2 Å². The van der Waals surface area contributed by atoms with E-state index in [1.54, 1.807) is 7.11 Å². The zero-order chi connectivity index (χ0) is 15.1. The summed E-state index contributed by atoms with van der Waals surface area (Å²) in [6.45, 7) is 12.5. The van der Waals surface area contributed by atoms with Gasteiger partial charge in [0.1, 0.15) is 5.75 Å². The Hall–Kier alpha value is -1.50. The zero-order valence-corrected chi connectivity index (χ0v) is 13.6. The summed E-state index contributed by atoms with van der Waals surface area (Å²) in [4.78, 5) is 0. The Morgan fingerprint density at radius 1 is 1.25 bits per heavy atom. The molecule has 1 nitrogen and oxygen atoms in total. The van der Waals surface area contributed by atoms with Crippen LogP contribution in [0.15, 0.2) is 24.8 Å². The Labute approximate surface area is 124 Å². The minimum absolute atomic E-state index is 0.608. The van der Waals surface area contributed by atoms with Gasteiger partial charge >= 0.3 is 0 Å². The first-order valence-corrected chi connectivity index (χ1v) is 7.45. The fourth-order valence-corrected chi connectivity index (χ4v) is 2.47. The standard InChI is InChI=1S/C19H28O/c1-7-8-9-10-14(2)11-12-18-15(3)13-19(20-6)17(5)16(18)4/h7,11-14H,1,8-10H2,2-6H3/b12-11+. The fourth-order valence-electron chi connectivity index (χ4n) is 2.47. The van der Waals surface area contributed by atoms with E-state index in [0.717, 1.165) is 12.2 Å². The lowest BCUT2D eigenvalue weighted by atomic mass is 9.95. The van der Waals surface area contributed by atoms with E-state index in [-0.39, 0.29) is 0 Å². The fraction of sp³-hybridized carbons (Fsp3) is 0.474. The van der Waals surface area contributed by atoms with Gasteiger partial charge in [0, 0.05) is 0 Å². The van der Waals surface area contributed by atoms with Gasteiger partial charge in [0.2, 0.25) is 0 Å². The van der Waals surface area contributed by atoms with Crippen LogP contribution in [0.1, 0.15) is 48.4 Å². The summed E-state index contributed by atoms with van der Waals surface area (Å²) >= 11 is 0. The SMILES string of the molecule is C=CCCCC(C)/C=C/c1c(C)cc(OC)c(C)c1C. The summed E-state index contributed by atoms with van der Waals surface area (Å²) in [7, 11) is 1.73. The maximum Gasteiger partial charge on any atom is 0.122 e. The molecule has 0 fully saturated rings. The second-order valence-corrected chi connectivity index (χ2v) is 5.62. The monoisotopic (exact) mass is 272 g/mol. The van der Waals surface area contributed by atoms with Crippen LogP contribution < -0.4 is 4.74 Å². The summed E-state index contributed by atoms with van der Waals surface area (Å²) in [5.74, 6) is 1.59. The van der Waals surface area contributed by atoms with Gasteiger partial charge in [-0.3, -0.25) is 0 Å². The van der Waals surface area contributed by atoms with Gasteiger partial charge < -0.3 is 4.74 Å². The quantitative estimate of drug-likeness (QED) is 0.462. The van der Waals surface area contributed by atoms with Crippen molar-refractivity contribution in [2.24, 2.45) is 5.92 Å². The zero-order valence-electron chi connectivity index (χ0n) is 13.6. The van der Waals surface area contributed by atoms with E-state index >= 15 is 0 Å². The molecule has 1 aromatic rings. The number of hydrogen-bond acceptors (Lipinski definition) is 1. The van der Waals surface area contributed by atoms with Gasteiger partial charge in [-0.2, -0.15) is 0 Å². The molecule has 0 N–H and O–H groups in total. The van der Waals surface area contributed by atoms with Crippen molar-refractivity contribution in [3.63, 3.8) is 0 Å². The van der Waals surface area contributed by atoms with Gasteiger partial charge in [0.15, 0.2) is 0 Å². The Balaban J connectivity index is 2.87. The van der Waals surface area contributed by atoms with Gasteiger partial charge in [0.05, 0.1) is 7.11 Å². The van der Waals surface area contributed by atoms with Gasteiger partial charge in [0.25, 0.3) is 0 Å². The van der Waals surface area contributed by atoms with Crippen LogP contribution in [0, 0.1) is 26.7 Å². The van der Waals surface area contributed by atoms with Crippen molar-refractivity contribution in [1.29, 1.82) is 0 Å². The van der Waals surface area contributed by atoms with Crippen LogP contribution in [0.25, 0.3) is 6.08 Å². The molecule has 0 aromatic heterocycles. The maximum absolute atomic E-state index is 5.42. The lowest BCUT2D eigenvalue weighted by molar-refractivity contribution is 0.411. The number of ether oxygens (including phenoxy) is 1. The van der Waals surface area contributed by atoms with Crippen LogP contribution in [0.4, 0.5) is 0 Å². The molecule has 0 bridgehead atoms. The van der Waals surface area contributed by atoms with E-state index in [1.165, 1.54) is 35.1 Å². The predicted octanol–water partition coefficient (Wildman–Crippen LogP) is 5.63. The first kappa shape index (κ1) is 16.6. The molecule has 1 aromatic carbocycles. The van der Waals surface area contributed by atoms with E-state index in [4.69, 9.17) is 4.74 Å². The number of benzene rings is 1. The minimum Gasteiger partial charge on any atom is -0.496 e. The highest BCUT2D eigenvalue weighted by Gasteiger charge is 2.08. The molecule has 0 saturated carbocycles. The number of unbranched alkanes of at least 4 members (excludes halogenated alkanes) is 1. The molecule has 0 saturated heterocycles. The lowest BCUT2D eigenvalue weighted by Crippen LogP contribution is -1.96. The van der Waals surface area contributed by atoms with Crippen LogP contribution >= 0.6 is 0 Å². The summed E-state index contributed by atoms with van der Waals surface area (Å²) in [6.07, 6.45) is 10.1. The average Bonchev–Trinajstić information content (AvgIpc) is 2.43. The Bertz CT molecular complexity index is 483. The minimum atomic E-state index is 0.608. The van der Waals surface area contributed by atoms with Crippen LogP contribution in [0.5, 0.6) is 5.75 Å². The number of methoxy groups -OCH3 is 1. The first-order valence-electron chi connectivity index (χ1n) is 7.45. The molecule has 0 aliphatic carbocycles. The molecule has 0 spiro atoms. The third kappa shape index (κ3) is 4.26. The van der Waals surface area contributed by atoms with E-state index in [1.807, 2.05) is 6.08 Å². The van der Waals surface area contributed by atoms with Gasteiger partial charge in [-0.15, -0.1) is 6.58 Å². The summed E-state index contributed by atoms with van der Waals surface area (Å²) in [5.41, 5.74) is 5.16. The molecular weight excluding hydrogens is 244 g/mol. The number of hydrogen-bond donors (Lipinski definition) is 0. The largest absolute Gasteiger partial charge is 0.496 e. The van der Waals surface area contributed by atoms with Crippen molar-refractivity contribution in [2.45, 2.75) is 47.0 Å². The second kappa shape index (κ2) is 7.94. The van der Waals surface area contributed by atoms with Crippen molar-refractivity contribution in [3.8, 4) is 5.75 Å². The molecule has 20 heavy (non-hydrogen) atoms. The summed E-state index contributed by atoms with van der Waals surface area (Å²) < 4.78 is 5.42. The molecule has 1 atom stereocenters. The lowest BCUT2D eigenvalue weighted by Gasteiger charge is -2.14. The molecule has 0 amide bonds.